The number of esters is 4. The first-order valence-corrected chi connectivity index (χ1v) is 11.3. The molecule has 13 nitrogen and oxygen atoms in total. The predicted octanol–water partition coefficient (Wildman–Crippen LogP) is -0.564. The summed E-state index contributed by atoms with van der Waals surface area (Å²) < 4.78 is 37.9. The predicted molar refractivity (Wildman–Crippen MR) is 113 cm³/mol. The number of rotatable bonds is 8. The molecule has 35 heavy (non-hydrogen) atoms. The quantitative estimate of drug-likeness (QED) is 0.317. The molecule has 2 saturated heterocycles. The molecule has 0 radical (unpaired) electrons. The number of hydrogen-bond donors (Lipinski definition) is 2. The highest BCUT2D eigenvalue weighted by Crippen LogP contribution is 2.36. The Kier molecular flexibility index (Phi) is 10.4. The highest BCUT2D eigenvalue weighted by molar-refractivity contribution is 5.67. The molecular formula is C22H34O13. The summed E-state index contributed by atoms with van der Waals surface area (Å²) in [5.41, 5.74) is 0. The maximum atomic E-state index is 11.8. The van der Waals surface area contributed by atoms with Crippen LogP contribution in [0, 0.1) is 11.8 Å². The first kappa shape index (κ1) is 28.9. The Morgan fingerprint density at radius 3 is 1.71 bits per heavy atom. The molecule has 2 N–H and O–H groups in total. The maximum Gasteiger partial charge on any atom is 0.303 e. The molecule has 0 aromatic heterocycles. The van der Waals surface area contributed by atoms with Crippen LogP contribution in [0.4, 0.5) is 0 Å². The van der Waals surface area contributed by atoms with Crippen molar-refractivity contribution in [1.82, 2.24) is 0 Å². The van der Waals surface area contributed by atoms with Crippen LogP contribution in [0.5, 0.6) is 0 Å². The van der Waals surface area contributed by atoms with Gasteiger partial charge in [-0.1, -0.05) is 13.8 Å². The fourth-order valence-electron chi connectivity index (χ4n) is 4.00. The summed E-state index contributed by atoms with van der Waals surface area (Å²) in [6.07, 6.45) is -10.3. The third-order valence-electron chi connectivity index (χ3n) is 5.94. The Hall–Kier alpha value is -2.32. The first-order valence-electron chi connectivity index (χ1n) is 11.3. The van der Waals surface area contributed by atoms with Crippen LogP contribution in [0.25, 0.3) is 0 Å². The van der Waals surface area contributed by atoms with E-state index in [0.29, 0.717) is 0 Å². The summed E-state index contributed by atoms with van der Waals surface area (Å²) in [4.78, 5) is 45.9. The van der Waals surface area contributed by atoms with E-state index in [9.17, 15) is 29.4 Å². The lowest BCUT2D eigenvalue weighted by molar-refractivity contribution is -0.348. The van der Waals surface area contributed by atoms with Crippen LogP contribution in [0.3, 0.4) is 0 Å². The van der Waals surface area contributed by atoms with Gasteiger partial charge in [0, 0.05) is 33.6 Å². The van der Waals surface area contributed by atoms with Crippen molar-refractivity contribution in [3.05, 3.63) is 0 Å². The van der Waals surface area contributed by atoms with Gasteiger partial charge in [-0.2, -0.15) is 0 Å². The Bertz CT molecular complexity index is 766. The van der Waals surface area contributed by atoms with Crippen LogP contribution < -0.4 is 0 Å². The zero-order valence-electron chi connectivity index (χ0n) is 20.6. The van der Waals surface area contributed by atoms with Crippen molar-refractivity contribution >= 4 is 23.9 Å². The fraction of sp³-hybridized carbons (Fsp3) is 0.818. The number of carbonyl (C=O) groups excluding carboxylic acids is 4. The molecule has 2 aliphatic rings. The van der Waals surface area contributed by atoms with Crippen LogP contribution in [0.15, 0.2) is 0 Å². The highest BCUT2D eigenvalue weighted by atomic mass is 16.7. The van der Waals surface area contributed by atoms with Crippen LogP contribution in [-0.2, 0) is 52.3 Å². The van der Waals surface area contributed by atoms with E-state index in [4.69, 9.17) is 33.2 Å². The molecular weight excluding hydrogens is 472 g/mol. The van der Waals surface area contributed by atoms with Gasteiger partial charge in [0.15, 0.2) is 24.8 Å². The second-order valence-electron chi connectivity index (χ2n) is 8.67. The SMILES string of the molecule is CC(=O)OCC1OC(OC2C(COC(C)=O)OC(O)C(OC(C)=O)C2O)C(OC(C)=O)C(C)C1C. The van der Waals surface area contributed by atoms with Crippen molar-refractivity contribution in [1.29, 1.82) is 0 Å². The number of aliphatic hydroxyl groups is 2. The standard InChI is InChI=1S/C22H34O13/c1-9-10(2)18(31-13(5)25)22(34-15(9)7-29-11(3)23)35-19-16(8-30-12(4)24)33-21(28)20(17(19)27)32-14(6)26/h9-10,15-22,27-28H,7-8H2,1-6H3. The van der Waals surface area contributed by atoms with Crippen LogP contribution in [0.2, 0.25) is 0 Å². The minimum Gasteiger partial charge on any atom is -0.463 e. The summed E-state index contributed by atoms with van der Waals surface area (Å²) in [7, 11) is 0. The summed E-state index contributed by atoms with van der Waals surface area (Å²) in [6.45, 7) is 7.85. The van der Waals surface area contributed by atoms with E-state index < -0.39 is 79.7 Å². The van der Waals surface area contributed by atoms with E-state index in [-0.39, 0.29) is 18.4 Å². The average molecular weight is 507 g/mol. The second-order valence-corrected chi connectivity index (χ2v) is 8.67. The van der Waals surface area contributed by atoms with E-state index in [2.05, 4.69) is 0 Å². The molecule has 10 unspecified atom stereocenters. The lowest BCUT2D eigenvalue weighted by atomic mass is 9.83. The van der Waals surface area contributed by atoms with Gasteiger partial charge < -0.3 is 43.4 Å². The van der Waals surface area contributed by atoms with Crippen molar-refractivity contribution < 1.29 is 62.5 Å². The largest absolute Gasteiger partial charge is 0.463 e. The monoisotopic (exact) mass is 506 g/mol. The minimum absolute atomic E-state index is 0.0944. The molecule has 0 aromatic rings. The summed E-state index contributed by atoms with van der Waals surface area (Å²) in [5, 5.41) is 21.2. The average Bonchev–Trinajstić information content (AvgIpc) is 2.75. The summed E-state index contributed by atoms with van der Waals surface area (Å²) in [6, 6.07) is 0. The van der Waals surface area contributed by atoms with Gasteiger partial charge in [-0.15, -0.1) is 0 Å². The molecule has 0 aromatic carbocycles. The fourth-order valence-corrected chi connectivity index (χ4v) is 4.00. The third-order valence-corrected chi connectivity index (χ3v) is 5.94. The van der Waals surface area contributed by atoms with Gasteiger partial charge in [0.2, 0.25) is 0 Å². The van der Waals surface area contributed by atoms with Gasteiger partial charge in [0.25, 0.3) is 0 Å². The van der Waals surface area contributed by atoms with E-state index >= 15 is 0 Å². The van der Waals surface area contributed by atoms with Crippen LogP contribution in [-0.4, -0.2) is 96.5 Å². The van der Waals surface area contributed by atoms with Crippen molar-refractivity contribution in [3.8, 4) is 0 Å². The Labute approximate surface area is 202 Å². The van der Waals surface area contributed by atoms with Crippen LogP contribution in [0.1, 0.15) is 41.5 Å². The van der Waals surface area contributed by atoms with Crippen molar-refractivity contribution in [3.63, 3.8) is 0 Å². The smallest absolute Gasteiger partial charge is 0.303 e. The van der Waals surface area contributed by atoms with Gasteiger partial charge in [-0.25, -0.2) is 0 Å². The van der Waals surface area contributed by atoms with E-state index in [0.717, 1.165) is 13.8 Å². The lowest BCUT2D eigenvalue weighted by Crippen LogP contribution is -2.63. The molecule has 2 heterocycles. The van der Waals surface area contributed by atoms with Crippen molar-refractivity contribution in [2.75, 3.05) is 13.2 Å². The molecule has 0 amide bonds. The topological polar surface area (TPSA) is 173 Å². The zero-order valence-corrected chi connectivity index (χ0v) is 20.6. The third kappa shape index (κ3) is 7.84. The highest BCUT2D eigenvalue weighted by Gasteiger charge is 2.52. The maximum absolute atomic E-state index is 11.8. The second kappa shape index (κ2) is 12.6. The molecule has 13 heteroatoms. The molecule has 2 aliphatic heterocycles. The molecule has 0 spiro atoms. The van der Waals surface area contributed by atoms with E-state index in [1.54, 1.807) is 6.92 Å². The first-order chi connectivity index (χ1) is 16.3. The van der Waals surface area contributed by atoms with Crippen molar-refractivity contribution in [2.45, 2.75) is 90.7 Å². The van der Waals surface area contributed by atoms with Gasteiger partial charge >= 0.3 is 23.9 Å². The van der Waals surface area contributed by atoms with Crippen molar-refractivity contribution in [2.24, 2.45) is 11.8 Å². The molecule has 2 fully saturated rings. The minimum atomic E-state index is -1.73. The molecule has 0 saturated carbocycles. The van der Waals surface area contributed by atoms with Gasteiger partial charge in [0.1, 0.15) is 31.5 Å². The van der Waals surface area contributed by atoms with Crippen LogP contribution >= 0.6 is 0 Å². The summed E-state index contributed by atoms with van der Waals surface area (Å²) >= 11 is 0. The Balaban J connectivity index is 2.34. The molecule has 10 atom stereocenters. The molecule has 200 valence electrons. The van der Waals surface area contributed by atoms with E-state index in [1.165, 1.54) is 13.8 Å². The number of ether oxygens (including phenoxy) is 7. The molecule has 0 aliphatic carbocycles. The number of carbonyl (C=O) groups is 4. The van der Waals surface area contributed by atoms with E-state index in [1.807, 2.05) is 6.92 Å². The Morgan fingerprint density at radius 1 is 0.686 bits per heavy atom. The normalized spacial score (nSPS) is 37.1. The zero-order chi connectivity index (χ0) is 26.4. The lowest BCUT2D eigenvalue weighted by Gasteiger charge is -2.47. The van der Waals surface area contributed by atoms with Gasteiger partial charge in [-0.3, -0.25) is 19.2 Å². The Morgan fingerprint density at radius 2 is 1.20 bits per heavy atom. The molecule has 2 rings (SSSR count). The number of hydrogen-bond acceptors (Lipinski definition) is 13. The van der Waals surface area contributed by atoms with Gasteiger partial charge in [0.05, 0.1) is 6.10 Å². The van der Waals surface area contributed by atoms with Gasteiger partial charge in [-0.05, 0) is 5.92 Å². The number of aliphatic hydroxyl groups excluding tert-OH is 2. The summed E-state index contributed by atoms with van der Waals surface area (Å²) in [5.74, 6) is -3.10. The molecule has 0 bridgehead atoms.